The van der Waals surface area contributed by atoms with Gasteiger partial charge in [-0.25, -0.2) is 0 Å². The largest absolute Gasteiger partial charge is 0.123 e. The molecule has 0 saturated carbocycles. The molecule has 1 aromatic rings. The summed E-state index contributed by atoms with van der Waals surface area (Å²) in [6.45, 7) is 3.75. The van der Waals surface area contributed by atoms with Gasteiger partial charge >= 0.3 is 0 Å². The van der Waals surface area contributed by atoms with Crippen LogP contribution in [0.2, 0.25) is 0 Å². The highest BCUT2D eigenvalue weighted by molar-refractivity contribution is 6.20. The molecule has 0 saturated heterocycles. The van der Waals surface area contributed by atoms with Crippen LogP contribution in [0.3, 0.4) is 0 Å². The Morgan fingerprint density at radius 3 is 2.45 bits per heavy atom. The molecule has 0 spiro atoms. The van der Waals surface area contributed by atoms with Crippen molar-refractivity contribution in [1.29, 1.82) is 0 Å². The molecule has 0 aliphatic heterocycles. The third kappa shape index (κ3) is 2.94. The van der Waals surface area contributed by atoms with Crippen molar-refractivity contribution in [2.45, 2.75) is 18.2 Å². The Balaban J connectivity index is 2.51. The van der Waals surface area contributed by atoms with Crippen molar-refractivity contribution in [2.24, 2.45) is 0 Å². The summed E-state index contributed by atoms with van der Waals surface area (Å²) in [4.78, 5) is 0. The van der Waals surface area contributed by atoms with Gasteiger partial charge in [-0.15, -0.1) is 11.6 Å². The molecule has 1 radical (unpaired) electrons. The topological polar surface area (TPSA) is 0 Å². The van der Waals surface area contributed by atoms with Gasteiger partial charge in [-0.05, 0) is 18.4 Å². The zero-order valence-corrected chi connectivity index (χ0v) is 7.22. The lowest BCUT2D eigenvalue weighted by atomic mass is 10.1. The molecule has 0 bridgehead atoms. The van der Waals surface area contributed by atoms with Crippen LogP contribution in [0.5, 0.6) is 0 Å². The van der Waals surface area contributed by atoms with Crippen molar-refractivity contribution in [1.82, 2.24) is 0 Å². The van der Waals surface area contributed by atoms with Crippen molar-refractivity contribution in [3.05, 3.63) is 42.8 Å². The van der Waals surface area contributed by atoms with E-state index in [4.69, 9.17) is 11.6 Å². The standard InChI is InChI=1S/C10H12Cl/c1-2-10(11)8-9-6-4-3-5-7-9/h3-7,10H,1-2,8H2. The van der Waals surface area contributed by atoms with E-state index < -0.39 is 0 Å². The first kappa shape index (κ1) is 8.61. The van der Waals surface area contributed by atoms with E-state index in [2.05, 4.69) is 19.1 Å². The van der Waals surface area contributed by atoms with Gasteiger partial charge in [0.05, 0.1) is 0 Å². The van der Waals surface area contributed by atoms with Crippen LogP contribution in [0.4, 0.5) is 0 Å². The van der Waals surface area contributed by atoms with E-state index in [1.54, 1.807) is 0 Å². The molecule has 0 aliphatic rings. The maximum Gasteiger partial charge on any atom is 0.0376 e. The second-order valence-corrected chi connectivity index (χ2v) is 3.19. The number of rotatable bonds is 3. The Morgan fingerprint density at radius 1 is 1.27 bits per heavy atom. The first-order valence-electron chi connectivity index (χ1n) is 3.80. The van der Waals surface area contributed by atoms with Crippen LogP contribution in [-0.2, 0) is 6.42 Å². The average molecular weight is 168 g/mol. The van der Waals surface area contributed by atoms with Crippen LogP contribution < -0.4 is 0 Å². The first-order chi connectivity index (χ1) is 5.33. The smallest absolute Gasteiger partial charge is 0.0376 e. The van der Waals surface area contributed by atoms with Gasteiger partial charge in [0.1, 0.15) is 0 Å². The van der Waals surface area contributed by atoms with Crippen LogP contribution in [-0.4, -0.2) is 5.38 Å². The minimum atomic E-state index is 0.178. The molecular weight excluding hydrogens is 156 g/mol. The molecular formula is C10H12Cl. The fourth-order valence-electron chi connectivity index (χ4n) is 0.972. The minimum Gasteiger partial charge on any atom is -0.123 e. The van der Waals surface area contributed by atoms with Gasteiger partial charge in [-0.1, -0.05) is 37.3 Å². The number of alkyl halides is 1. The molecule has 59 valence electrons. The third-order valence-corrected chi connectivity index (χ3v) is 1.99. The zero-order valence-electron chi connectivity index (χ0n) is 6.46. The first-order valence-corrected chi connectivity index (χ1v) is 4.24. The molecule has 0 heterocycles. The van der Waals surface area contributed by atoms with Gasteiger partial charge in [0.2, 0.25) is 0 Å². The van der Waals surface area contributed by atoms with Crippen LogP contribution in [0, 0.1) is 6.92 Å². The predicted molar refractivity (Wildman–Crippen MR) is 49.8 cm³/mol. The lowest BCUT2D eigenvalue weighted by molar-refractivity contribution is 0.851. The maximum absolute atomic E-state index is 5.94. The van der Waals surface area contributed by atoms with Crippen molar-refractivity contribution >= 4 is 11.6 Å². The molecule has 0 aliphatic carbocycles. The molecule has 0 N–H and O–H groups in total. The Bertz CT molecular complexity index is 193. The Labute approximate surface area is 73.2 Å². The van der Waals surface area contributed by atoms with E-state index in [9.17, 15) is 0 Å². The summed E-state index contributed by atoms with van der Waals surface area (Å²) >= 11 is 5.94. The van der Waals surface area contributed by atoms with Crippen molar-refractivity contribution < 1.29 is 0 Å². The van der Waals surface area contributed by atoms with E-state index >= 15 is 0 Å². The van der Waals surface area contributed by atoms with Crippen molar-refractivity contribution in [2.75, 3.05) is 0 Å². The Hall–Kier alpha value is -0.490. The molecule has 1 rings (SSSR count). The fourth-order valence-corrected chi connectivity index (χ4v) is 1.15. The summed E-state index contributed by atoms with van der Waals surface area (Å²) in [5, 5.41) is 0.178. The SMILES string of the molecule is [CH2]CC(Cl)Cc1ccccc1. The second-order valence-electron chi connectivity index (χ2n) is 2.58. The van der Waals surface area contributed by atoms with E-state index in [-0.39, 0.29) is 5.38 Å². The van der Waals surface area contributed by atoms with Crippen LogP contribution in [0.15, 0.2) is 30.3 Å². The summed E-state index contributed by atoms with van der Waals surface area (Å²) in [6, 6.07) is 10.2. The van der Waals surface area contributed by atoms with Gasteiger partial charge in [0, 0.05) is 5.38 Å². The van der Waals surface area contributed by atoms with Crippen molar-refractivity contribution in [3.8, 4) is 0 Å². The van der Waals surface area contributed by atoms with E-state index in [1.807, 2.05) is 18.2 Å². The molecule has 0 fully saturated rings. The molecule has 0 nitrogen and oxygen atoms in total. The third-order valence-electron chi connectivity index (χ3n) is 1.61. The molecule has 0 amide bonds. The molecule has 1 aromatic carbocycles. The summed E-state index contributed by atoms with van der Waals surface area (Å²) in [5.74, 6) is 0. The number of benzene rings is 1. The lowest BCUT2D eigenvalue weighted by Gasteiger charge is -2.04. The van der Waals surface area contributed by atoms with Gasteiger partial charge in [-0.3, -0.25) is 0 Å². The Kier molecular flexibility index (Phi) is 3.44. The van der Waals surface area contributed by atoms with E-state index in [1.165, 1.54) is 5.56 Å². The predicted octanol–water partition coefficient (Wildman–Crippen LogP) is 3.06. The quantitative estimate of drug-likeness (QED) is 0.607. The molecule has 1 unspecified atom stereocenters. The second kappa shape index (κ2) is 4.40. The zero-order chi connectivity index (χ0) is 8.10. The molecule has 11 heavy (non-hydrogen) atoms. The molecule has 1 heteroatoms. The normalized spacial score (nSPS) is 12.9. The van der Waals surface area contributed by atoms with E-state index in [0.717, 1.165) is 12.8 Å². The van der Waals surface area contributed by atoms with Crippen LogP contribution in [0.1, 0.15) is 12.0 Å². The van der Waals surface area contributed by atoms with Crippen LogP contribution in [0.25, 0.3) is 0 Å². The highest BCUT2D eigenvalue weighted by atomic mass is 35.5. The highest BCUT2D eigenvalue weighted by Crippen LogP contribution is 2.09. The van der Waals surface area contributed by atoms with Gasteiger partial charge < -0.3 is 0 Å². The fraction of sp³-hybridized carbons (Fsp3) is 0.300. The molecule has 1 atom stereocenters. The summed E-state index contributed by atoms with van der Waals surface area (Å²) in [7, 11) is 0. The van der Waals surface area contributed by atoms with Gasteiger partial charge in [0.15, 0.2) is 0 Å². The average Bonchev–Trinajstić information content (AvgIpc) is 2.06. The van der Waals surface area contributed by atoms with E-state index in [0.29, 0.717) is 0 Å². The van der Waals surface area contributed by atoms with Gasteiger partial charge in [-0.2, -0.15) is 0 Å². The molecule has 0 aromatic heterocycles. The summed E-state index contributed by atoms with van der Waals surface area (Å²) < 4.78 is 0. The number of hydrogen-bond acceptors (Lipinski definition) is 0. The highest BCUT2D eigenvalue weighted by Gasteiger charge is 2.01. The summed E-state index contributed by atoms with van der Waals surface area (Å²) in [5.41, 5.74) is 1.29. The minimum absolute atomic E-state index is 0.178. The summed E-state index contributed by atoms with van der Waals surface area (Å²) in [6.07, 6.45) is 1.71. The van der Waals surface area contributed by atoms with Crippen molar-refractivity contribution in [3.63, 3.8) is 0 Å². The lowest BCUT2D eigenvalue weighted by Crippen LogP contribution is -2.00. The maximum atomic E-state index is 5.94. The Morgan fingerprint density at radius 2 is 1.91 bits per heavy atom. The van der Waals surface area contributed by atoms with Gasteiger partial charge in [0.25, 0.3) is 0 Å². The number of halogens is 1. The van der Waals surface area contributed by atoms with Crippen LogP contribution >= 0.6 is 11.6 Å². The number of hydrogen-bond donors (Lipinski definition) is 0. The monoisotopic (exact) mass is 167 g/mol.